The van der Waals surface area contributed by atoms with E-state index in [9.17, 15) is 15.4 Å². The maximum Gasteiger partial charge on any atom is 0.269 e. The van der Waals surface area contributed by atoms with Crippen LogP contribution in [0.2, 0.25) is 5.02 Å². The second-order valence-electron chi connectivity index (χ2n) is 5.96. The van der Waals surface area contributed by atoms with Gasteiger partial charge >= 0.3 is 0 Å². The molecule has 0 atom stereocenters. The summed E-state index contributed by atoms with van der Waals surface area (Å²) in [6, 6.07) is 22.9. The Morgan fingerprint density at radius 2 is 1.68 bits per heavy atom. The van der Waals surface area contributed by atoms with Crippen molar-refractivity contribution in [3.63, 3.8) is 0 Å². The summed E-state index contributed by atoms with van der Waals surface area (Å²) in [5.74, 6) is 0.667. The minimum Gasteiger partial charge on any atom is -0.489 e. The van der Waals surface area contributed by atoms with Crippen LogP contribution >= 0.6 is 11.6 Å². The SMILES string of the molecule is N#C/C(=C/c1ccc(OCc2ccc([N+](=O)[O-])cc2)cc1)c1ccc(Cl)cc1. The summed E-state index contributed by atoms with van der Waals surface area (Å²) in [5.41, 5.74) is 3.09. The number of allylic oxidation sites excluding steroid dienone is 1. The molecule has 0 unspecified atom stereocenters. The lowest BCUT2D eigenvalue weighted by molar-refractivity contribution is -0.384. The van der Waals surface area contributed by atoms with Crippen molar-refractivity contribution in [2.75, 3.05) is 0 Å². The van der Waals surface area contributed by atoms with Gasteiger partial charge in [-0.3, -0.25) is 10.1 Å². The fraction of sp³-hybridized carbons (Fsp3) is 0.0455. The van der Waals surface area contributed by atoms with Crippen LogP contribution < -0.4 is 4.74 Å². The van der Waals surface area contributed by atoms with E-state index < -0.39 is 4.92 Å². The topological polar surface area (TPSA) is 76.2 Å². The number of nitro benzene ring substituents is 1. The van der Waals surface area contributed by atoms with Gasteiger partial charge in [0.1, 0.15) is 12.4 Å². The second-order valence-corrected chi connectivity index (χ2v) is 6.39. The van der Waals surface area contributed by atoms with Gasteiger partial charge in [-0.15, -0.1) is 0 Å². The molecule has 0 spiro atoms. The molecule has 6 heteroatoms. The molecule has 0 saturated carbocycles. The molecule has 0 radical (unpaired) electrons. The van der Waals surface area contributed by atoms with E-state index in [1.807, 2.05) is 24.3 Å². The molecule has 0 aromatic heterocycles. The Balaban J connectivity index is 1.66. The Morgan fingerprint density at radius 1 is 1.04 bits per heavy atom. The number of halogens is 1. The summed E-state index contributed by atoms with van der Waals surface area (Å²) in [7, 11) is 0. The summed E-state index contributed by atoms with van der Waals surface area (Å²) in [6.07, 6.45) is 1.79. The van der Waals surface area contributed by atoms with Crippen molar-refractivity contribution in [1.82, 2.24) is 0 Å². The summed E-state index contributed by atoms with van der Waals surface area (Å²) in [4.78, 5) is 10.2. The zero-order valence-corrected chi connectivity index (χ0v) is 15.5. The quantitative estimate of drug-likeness (QED) is 0.227. The molecule has 0 fully saturated rings. The van der Waals surface area contributed by atoms with Crippen LogP contribution in [0.1, 0.15) is 16.7 Å². The van der Waals surface area contributed by atoms with E-state index in [0.717, 1.165) is 16.7 Å². The summed E-state index contributed by atoms with van der Waals surface area (Å²) >= 11 is 5.89. The molecule has 3 aromatic rings. The molecule has 0 aliphatic heterocycles. The van der Waals surface area contributed by atoms with Gasteiger partial charge in [-0.05, 0) is 59.2 Å². The van der Waals surface area contributed by atoms with Gasteiger partial charge in [0.05, 0.1) is 16.6 Å². The first-order chi connectivity index (χ1) is 13.5. The van der Waals surface area contributed by atoms with Gasteiger partial charge in [-0.25, -0.2) is 0 Å². The van der Waals surface area contributed by atoms with Crippen LogP contribution in [0.4, 0.5) is 5.69 Å². The maximum atomic E-state index is 10.7. The van der Waals surface area contributed by atoms with Crippen molar-refractivity contribution in [2.45, 2.75) is 6.61 Å². The van der Waals surface area contributed by atoms with Crippen molar-refractivity contribution in [1.29, 1.82) is 5.26 Å². The third-order valence-corrected chi connectivity index (χ3v) is 4.27. The van der Waals surface area contributed by atoms with E-state index in [-0.39, 0.29) is 5.69 Å². The van der Waals surface area contributed by atoms with Crippen LogP contribution in [0.25, 0.3) is 11.6 Å². The van der Waals surface area contributed by atoms with Crippen molar-refractivity contribution < 1.29 is 9.66 Å². The van der Waals surface area contributed by atoms with Crippen LogP contribution in [-0.4, -0.2) is 4.92 Å². The van der Waals surface area contributed by atoms with Gasteiger partial charge in [0.15, 0.2) is 0 Å². The van der Waals surface area contributed by atoms with Crippen LogP contribution in [0.15, 0.2) is 72.8 Å². The van der Waals surface area contributed by atoms with E-state index in [2.05, 4.69) is 6.07 Å². The van der Waals surface area contributed by atoms with E-state index >= 15 is 0 Å². The highest BCUT2D eigenvalue weighted by molar-refractivity contribution is 6.30. The van der Waals surface area contributed by atoms with Crippen molar-refractivity contribution in [2.24, 2.45) is 0 Å². The molecule has 28 heavy (non-hydrogen) atoms. The fourth-order valence-electron chi connectivity index (χ4n) is 2.52. The average molecular weight is 391 g/mol. The van der Waals surface area contributed by atoms with Crippen LogP contribution in [0, 0.1) is 21.4 Å². The highest BCUT2D eigenvalue weighted by Crippen LogP contribution is 2.22. The molecule has 0 aliphatic rings. The number of nitro groups is 1. The molecule has 3 rings (SSSR count). The van der Waals surface area contributed by atoms with Gasteiger partial charge in [0, 0.05) is 17.2 Å². The lowest BCUT2D eigenvalue weighted by Crippen LogP contribution is -1.96. The molecular formula is C22H15ClN2O3. The van der Waals surface area contributed by atoms with Crippen LogP contribution in [0.3, 0.4) is 0 Å². The van der Waals surface area contributed by atoms with E-state index in [0.29, 0.717) is 23.0 Å². The molecular weight excluding hydrogens is 376 g/mol. The van der Waals surface area contributed by atoms with Crippen LogP contribution in [0.5, 0.6) is 5.75 Å². The summed E-state index contributed by atoms with van der Waals surface area (Å²) < 4.78 is 5.71. The van der Waals surface area contributed by atoms with Gasteiger partial charge < -0.3 is 4.74 Å². The minimum absolute atomic E-state index is 0.0499. The first-order valence-corrected chi connectivity index (χ1v) is 8.77. The average Bonchev–Trinajstić information content (AvgIpc) is 2.72. The van der Waals surface area contributed by atoms with Gasteiger partial charge in [0.25, 0.3) is 5.69 Å². The summed E-state index contributed by atoms with van der Waals surface area (Å²) in [5, 5.41) is 20.7. The normalized spacial score (nSPS) is 10.9. The molecule has 138 valence electrons. The molecule has 0 aliphatic carbocycles. The Bertz CT molecular complexity index is 1040. The number of nitrogens with zero attached hydrogens (tertiary/aromatic N) is 2. The third-order valence-electron chi connectivity index (χ3n) is 4.02. The third kappa shape index (κ3) is 4.97. The number of non-ortho nitro benzene ring substituents is 1. The predicted molar refractivity (Wildman–Crippen MR) is 109 cm³/mol. The highest BCUT2D eigenvalue weighted by Gasteiger charge is 2.05. The van der Waals surface area contributed by atoms with Gasteiger partial charge in [-0.1, -0.05) is 35.9 Å². The lowest BCUT2D eigenvalue weighted by Gasteiger charge is -2.07. The smallest absolute Gasteiger partial charge is 0.269 e. The van der Waals surface area contributed by atoms with Crippen molar-refractivity contribution in [3.8, 4) is 11.8 Å². The standard InChI is InChI=1S/C22H15ClN2O3/c23-20-7-5-18(6-8-20)19(14-24)13-16-3-11-22(12-4-16)28-15-17-1-9-21(10-2-17)25(26)27/h1-13H,15H2/b19-13-. The molecule has 0 bridgehead atoms. The van der Waals surface area contributed by atoms with E-state index in [1.165, 1.54) is 12.1 Å². The number of hydrogen-bond donors (Lipinski definition) is 0. The fourth-order valence-corrected chi connectivity index (χ4v) is 2.64. The monoisotopic (exact) mass is 390 g/mol. The number of benzene rings is 3. The first-order valence-electron chi connectivity index (χ1n) is 8.39. The zero-order chi connectivity index (χ0) is 19.9. The minimum atomic E-state index is -0.434. The Kier molecular flexibility index (Phi) is 6.05. The van der Waals surface area contributed by atoms with E-state index in [4.69, 9.17) is 16.3 Å². The number of rotatable bonds is 6. The molecule has 0 amide bonds. The van der Waals surface area contributed by atoms with Crippen molar-refractivity contribution >= 4 is 28.9 Å². The number of nitriles is 1. The van der Waals surface area contributed by atoms with Crippen molar-refractivity contribution in [3.05, 3.63) is 105 Å². The van der Waals surface area contributed by atoms with Crippen LogP contribution in [-0.2, 0) is 6.61 Å². The van der Waals surface area contributed by atoms with Gasteiger partial charge in [0.2, 0.25) is 0 Å². The second kappa shape index (κ2) is 8.85. The molecule has 0 saturated heterocycles. The Labute approximate surface area is 167 Å². The molecule has 3 aromatic carbocycles. The molecule has 0 heterocycles. The Morgan fingerprint density at radius 3 is 2.25 bits per heavy atom. The largest absolute Gasteiger partial charge is 0.489 e. The molecule has 5 nitrogen and oxygen atoms in total. The maximum absolute atomic E-state index is 10.7. The lowest BCUT2D eigenvalue weighted by atomic mass is 10.0. The predicted octanol–water partition coefficient (Wildman–Crippen LogP) is 5.89. The number of ether oxygens (including phenoxy) is 1. The van der Waals surface area contributed by atoms with Gasteiger partial charge in [-0.2, -0.15) is 5.26 Å². The summed E-state index contributed by atoms with van der Waals surface area (Å²) in [6.45, 7) is 0.307. The number of hydrogen-bond acceptors (Lipinski definition) is 4. The Hall–Kier alpha value is -3.62. The van der Waals surface area contributed by atoms with E-state index in [1.54, 1.807) is 42.5 Å². The first kappa shape index (κ1) is 19.2. The highest BCUT2D eigenvalue weighted by atomic mass is 35.5. The molecule has 0 N–H and O–H groups in total. The zero-order valence-electron chi connectivity index (χ0n) is 14.7.